The van der Waals surface area contributed by atoms with Crippen molar-refractivity contribution in [1.29, 1.82) is 5.26 Å². The minimum absolute atomic E-state index is 0.0484. The van der Waals surface area contributed by atoms with Crippen molar-refractivity contribution < 1.29 is 24.2 Å². The van der Waals surface area contributed by atoms with E-state index in [1.165, 1.54) is 0 Å². The number of fused-ring (bicyclic) bond motifs is 5. The van der Waals surface area contributed by atoms with Crippen LogP contribution in [0.15, 0.2) is 0 Å². The molecule has 0 aromatic carbocycles. The zero-order chi connectivity index (χ0) is 21.3. The molecule has 160 valence electrons. The number of aliphatic hydroxyl groups excluding tert-OH is 1. The molecule has 6 heteroatoms. The first-order valence-corrected chi connectivity index (χ1v) is 11.5. The molecule has 6 rings (SSSR count). The summed E-state index contributed by atoms with van der Waals surface area (Å²) < 4.78 is 5.94. The second kappa shape index (κ2) is 5.35. The molecule has 1 spiro atoms. The third kappa shape index (κ3) is 1.70. The highest BCUT2D eigenvalue weighted by Gasteiger charge is 2.81. The molecule has 6 fully saturated rings. The third-order valence-electron chi connectivity index (χ3n) is 11.0. The summed E-state index contributed by atoms with van der Waals surface area (Å²) >= 11 is 0. The fourth-order valence-corrected chi connectivity index (χ4v) is 9.78. The van der Waals surface area contributed by atoms with Crippen LogP contribution in [-0.4, -0.2) is 34.3 Å². The van der Waals surface area contributed by atoms with E-state index < -0.39 is 34.4 Å². The molecular weight excluding hydrogens is 382 g/mol. The Morgan fingerprint density at radius 3 is 2.53 bits per heavy atom. The molecule has 1 heterocycles. The van der Waals surface area contributed by atoms with Gasteiger partial charge in [-0.3, -0.25) is 14.4 Å². The minimum atomic E-state index is -0.953. The number of carbonyl (C=O) groups excluding carboxylic acids is 3. The van der Waals surface area contributed by atoms with Crippen molar-refractivity contribution in [1.82, 2.24) is 0 Å². The maximum atomic E-state index is 13.0. The zero-order valence-electron chi connectivity index (χ0n) is 17.6. The van der Waals surface area contributed by atoms with Crippen molar-refractivity contribution in [3.63, 3.8) is 0 Å². The lowest BCUT2D eigenvalue weighted by Gasteiger charge is -2.71. The van der Waals surface area contributed by atoms with Crippen LogP contribution in [0.4, 0.5) is 0 Å². The third-order valence-corrected chi connectivity index (χ3v) is 11.0. The lowest BCUT2D eigenvalue weighted by Crippen LogP contribution is -2.76. The van der Waals surface area contributed by atoms with Gasteiger partial charge in [0.2, 0.25) is 0 Å². The summed E-state index contributed by atoms with van der Waals surface area (Å²) in [6.45, 7) is 4.24. The molecule has 30 heavy (non-hydrogen) atoms. The van der Waals surface area contributed by atoms with E-state index >= 15 is 0 Å². The molecule has 6 aliphatic rings. The van der Waals surface area contributed by atoms with Gasteiger partial charge in [0.05, 0.1) is 23.5 Å². The molecular formula is C24H29NO5. The van der Waals surface area contributed by atoms with E-state index in [1.807, 2.05) is 0 Å². The van der Waals surface area contributed by atoms with Crippen LogP contribution in [0.2, 0.25) is 0 Å². The number of esters is 1. The Kier molecular flexibility index (Phi) is 3.39. The van der Waals surface area contributed by atoms with Crippen LogP contribution >= 0.6 is 0 Å². The van der Waals surface area contributed by atoms with Gasteiger partial charge in [0.15, 0.2) is 0 Å². The quantitative estimate of drug-likeness (QED) is 0.485. The Bertz CT molecular complexity index is 938. The van der Waals surface area contributed by atoms with E-state index in [0.29, 0.717) is 38.5 Å². The molecule has 1 saturated heterocycles. The van der Waals surface area contributed by atoms with Crippen molar-refractivity contribution in [3.8, 4) is 6.07 Å². The second-order valence-corrected chi connectivity index (χ2v) is 11.5. The van der Waals surface area contributed by atoms with Crippen LogP contribution in [0.25, 0.3) is 0 Å². The van der Waals surface area contributed by atoms with Gasteiger partial charge in [-0.2, -0.15) is 5.26 Å². The molecule has 1 aliphatic heterocycles. The largest absolute Gasteiger partial charge is 0.458 e. The van der Waals surface area contributed by atoms with E-state index in [1.54, 1.807) is 0 Å². The van der Waals surface area contributed by atoms with Crippen molar-refractivity contribution in [3.05, 3.63) is 0 Å². The molecule has 0 aromatic heterocycles. The van der Waals surface area contributed by atoms with Gasteiger partial charge in [-0.05, 0) is 61.7 Å². The van der Waals surface area contributed by atoms with E-state index in [4.69, 9.17) is 4.74 Å². The number of ether oxygens (including phenoxy) is 1. The van der Waals surface area contributed by atoms with E-state index in [9.17, 15) is 24.8 Å². The average molecular weight is 411 g/mol. The SMILES string of the molecule is CC12C[C@@H](O)C3C(CC4C(=O)C5C(=O)CCC3(C)[C@]45C#N)C1CC[C@@]21CCC(=O)O1. The molecule has 6 nitrogen and oxygen atoms in total. The highest BCUT2D eigenvalue weighted by atomic mass is 16.6. The van der Waals surface area contributed by atoms with Gasteiger partial charge >= 0.3 is 5.97 Å². The standard InChI is InChI=1S/C24H29NO5/c1-21-6-4-15(26)19-20(29)14(24(19,21)11-25)9-12-13-3-7-23(8-5-17(28)30-23)22(13,2)10-16(27)18(12)21/h12-14,16,18-19,27H,3-10H2,1-2H3/t12?,13?,14?,16-,18?,19?,21?,22?,23-,24-/m1/s1. The van der Waals surface area contributed by atoms with Crippen LogP contribution in [0.3, 0.4) is 0 Å². The van der Waals surface area contributed by atoms with Crippen molar-refractivity contribution in [2.24, 2.45) is 45.8 Å². The van der Waals surface area contributed by atoms with Crippen molar-refractivity contribution in [2.45, 2.75) is 76.9 Å². The summed E-state index contributed by atoms with van der Waals surface area (Å²) in [5, 5.41) is 21.8. The number of ketones is 2. The molecule has 0 aromatic rings. The average Bonchev–Trinajstić information content (AvgIpc) is 3.21. The van der Waals surface area contributed by atoms with Gasteiger partial charge in [0.25, 0.3) is 0 Å². The molecule has 0 amide bonds. The van der Waals surface area contributed by atoms with Gasteiger partial charge < -0.3 is 9.84 Å². The zero-order valence-corrected chi connectivity index (χ0v) is 17.6. The number of rotatable bonds is 0. The molecule has 5 saturated carbocycles. The smallest absolute Gasteiger partial charge is 0.306 e. The first kappa shape index (κ1) is 19.0. The number of Topliss-reactive ketones (excluding diaryl/α,β-unsaturated/α-hetero) is 2. The van der Waals surface area contributed by atoms with Crippen LogP contribution in [0.1, 0.15) is 65.2 Å². The number of hydrogen-bond donors (Lipinski definition) is 1. The first-order valence-electron chi connectivity index (χ1n) is 11.5. The van der Waals surface area contributed by atoms with Crippen LogP contribution in [-0.2, 0) is 19.1 Å². The predicted molar refractivity (Wildman–Crippen MR) is 103 cm³/mol. The summed E-state index contributed by atoms with van der Waals surface area (Å²) in [5.74, 6) is -1.19. The van der Waals surface area contributed by atoms with Crippen LogP contribution in [0.5, 0.6) is 0 Å². The topological polar surface area (TPSA) is 104 Å². The number of carbonyl (C=O) groups is 3. The molecule has 7 unspecified atom stereocenters. The summed E-state index contributed by atoms with van der Waals surface area (Å²) in [4.78, 5) is 37.7. The lowest BCUT2D eigenvalue weighted by atomic mass is 9.29. The van der Waals surface area contributed by atoms with Gasteiger partial charge in [0.1, 0.15) is 17.2 Å². The molecule has 0 bridgehead atoms. The highest BCUT2D eigenvalue weighted by molar-refractivity contribution is 6.11. The molecule has 5 aliphatic carbocycles. The first-order chi connectivity index (χ1) is 14.2. The van der Waals surface area contributed by atoms with Crippen molar-refractivity contribution >= 4 is 17.5 Å². The number of nitriles is 1. The fourth-order valence-electron chi connectivity index (χ4n) is 9.78. The Morgan fingerprint density at radius 1 is 1.10 bits per heavy atom. The molecule has 1 N–H and O–H groups in total. The lowest BCUT2D eigenvalue weighted by molar-refractivity contribution is -0.249. The Labute approximate surface area is 176 Å². The fraction of sp³-hybridized carbons (Fsp3) is 0.833. The minimum Gasteiger partial charge on any atom is -0.458 e. The van der Waals surface area contributed by atoms with Gasteiger partial charge in [-0.25, -0.2) is 0 Å². The van der Waals surface area contributed by atoms with Crippen LogP contribution < -0.4 is 0 Å². The normalized spacial score (nSPS) is 58.4. The van der Waals surface area contributed by atoms with Gasteiger partial charge in [0, 0.05) is 24.2 Å². The number of nitrogens with zero attached hydrogens (tertiary/aromatic N) is 1. The summed E-state index contributed by atoms with van der Waals surface area (Å²) in [6, 6.07) is 2.48. The molecule has 0 radical (unpaired) electrons. The van der Waals surface area contributed by atoms with Crippen LogP contribution in [0, 0.1) is 57.2 Å². The van der Waals surface area contributed by atoms with E-state index in [-0.39, 0.29) is 40.7 Å². The molecule has 10 atom stereocenters. The second-order valence-electron chi connectivity index (χ2n) is 11.5. The maximum absolute atomic E-state index is 13.0. The predicted octanol–water partition coefficient (Wildman–Crippen LogP) is 2.57. The number of hydrogen-bond acceptors (Lipinski definition) is 6. The van der Waals surface area contributed by atoms with Gasteiger partial charge in [-0.1, -0.05) is 13.8 Å². The number of aliphatic hydroxyl groups is 1. The Balaban J connectivity index is 1.46. The monoisotopic (exact) mass is 411 g/mol. The van der Waals surface area contributed by atoms with E-state index in [0.717, 1.165) is 12.8 Å². The Morgan fingerprint density at radius 2 is 1.87 bits per heavy atom. The van der Waals surface area contributed by atoms with Crippen molar-refractivity contribution in [2.75, 3.05) is 0 Å². The summed E-state index contributed by atoms with van der Waals surface area (Å²) in [5.41, 5.74) is -2.30. The maximum Gasteiger partial charge on any atom is 0.306 e. The summed E-state index contributed by atoms with van der Waals surface area (Å²) in [7, 11) is 0. The van der Waals surface area contributed by atoms with Gasteiger partial charge in [-0.15, -0.1) is 0 Å². The summed E-state index contributed by atoms with van der Waals surface area (Å²) in [6.07, 6.45) is 4.30. The van der Waals surface area contributed by atoms with E-state index in [2.05, 4.69) is 19.9 Å². The Hall–Kier alpha value is -1.74. The highest BCUT2D eigenvalue weighted by Crippen LogP contribution is 2.77.